The molecule has 0 aromatic heterocycles. The lowest BCUT2D eigenvalue weighted by Crippen LogP contribution is -2.50. The molecule has 1 aliphatic rings. The third kappa shape index (κ3) is 5.80. The number of hydrogen-bond donors (Lipinski definition) is 3. The Kier molecular flexibility index (Phi) is 6.63. The van der Waals surface area contributed by atoms with Crippen LogP contribution in [0.5, 0.6) is 0 Å². The highest BCUT2D eigenvalue weighted by molar-refractivity contribution is 5.74. The molecule has 3 atom stereocenters. The summed E-state index contributed by atoms with van der Waals surface area (Å²) < 4.78 is 0. The number of carbonyl (C=O) groups is 1. The summed E-state index contributed by atoms with van der Waals surface area (Å²) in [5.41, 5.74) is -0.287. The number of hydrogen-bond acceptors (Lipinski definition) is 3. The Morgan fingerprint density at radius 2 is 2.12 bits per heavy atom. The van der Waals surface area contributed by atoms with Crippen molar-refractivity contribution in [3.63, 3.8) is 0 Å². The van der Waals surface area contributed by atoms with Crippen molar-refractivity contribution in [3.8, 4) is 0 Å². The quantitative estimate of drug-likeness (QED) is 0.748. The minimum absolute atomic E-state index is 0.0805. The summed E-state index contributed by atoms with van der Waals surface area (Å²) in [6.45, 7) is 9.28. The first-order valence-electron chi connectivity index (χ1n) is 8.91. The van der Waals surface area contributed by atoms with Crippen LogP contribution in [-0.4, -0.2) is 48.3 Å². The maximum atomic E-state index is 12.1. The summed E-state index contributed by atoms with van der Waals surface area (Å²) in [4.78, 5) is 14.5. The van der Waals surface area contributed by atoms with E-state index in [0.717, 1.165) is 31.1 Å². The van der Waals surface area contributed by atoms with E-state index in [4.69, 9.17) is 0 Å². The molecule has 0 aliphatic carbocycles. The van der Waals surface area contributed by atoms with Crippen LogP contribution < -0.4 is 10.6 Å². The lowest BCUT2D eigenvalue weighted by molar-refractivity contribution is 0.0591. The van der Waals surface area contributed by atoms with Crippen molar-refractivity contribution in [1.82, 2.24) is 15.5 Å². The predicted molar refractivity (Wildman–Crippen MR) is 96.8 cm³/mol. The Balaban J connectivity index is 1.74. The van der Waals surface area contributed by atoms with Crippen molar-refractivity contribution in [1.29, 1.82) is 0 Å². The van der Waals surface area contributed by atoms with Crippen LogP contribution in [0.2, 0.25) is 0 Å². The van der Waals surface area contributed by atoms with Crippen LogP contribution in [0.3, 0.4) is 0 Å². The average molecular weight is 333 g/mol. The van der Waals surface area contributed by atoms with Gasteiger partial charge in [-0.25, -0.2) is 4.79 Å². The van der Waals surface area contributed by atoms with E-state index in [1.54, 1.807) is 6.92 Å². The van der Waals surface area contributed by atoms with Crippen LogP contribution in [0.25, 0.3) is 0 Å². The number of benzene rings is 1. The smallest absolute Gasteiger partial charge is 0.315 e. The third-order valence-corrected chi connectivity index (χ3v) is 4.64. The molecule has 1 aromatic rings. The summed E-state index contributed by atoms with van der Waals surface area (Å²) in [5, 5.41) is 16.3. The van der Waals surface area contributed by atoms with Gasteiger partial charge < -0.3 is 20.6 Å². The predicted octanol–water partition coefficient (Wildman–Crippen LogP) is 2.31. The Hall–Kier alpha value is -1.59. The monoisotopic (exact) mass is 333 g/mol. The number of nitrogens with zero attached hydrogens (tertiary/aromatic N) is 1. The number of nitrogens with one attached hydrogen (secondary N) is 2. The molecular formula is C19H31N3O2. The molecule has 1 aliphatic heterocycles. The standard InChI is InChI=1S/C19H31N3O2/c1-15-8-7-11-22(12-15)13-16(2)21-18(23)20-14-19(3,24)17-9-5-4-6-10-17/h4-6,9-10,15-16,24H,7-8,11-14H2,1-3H3,(H2,20,21,23). The van der Waals surface area contributed by atoms with Gasteiger partial charge in [0.2, 0.25) is 0 Å². The van der Waals surface area contributed by atoms with Gasteiger partial charge in [-0.1, -0.05) is 37.3 Å². The molecule has 3 unspecified atom stereocenters. The van der Waals surface area contributed by atoms with Gasteiger partial charge in [-0.05, 0) is 44.7 Å². The zero-order valence-electron chi connectivity index (χ0n) is 15.1. The number of likely N-dealkylation sites (tertiary alicyclic amines) is 1. The van der Waals surface area contributed by atoms with Gasteiger partial charge >= 0.3 is 6.03 Å². The maximum Gasteiger partial charge on any atom is 0.315 e. The molecule has 2 rings (SSSR count). The van der Waals surface area contributed by atoms with Crippen LogP contribution in [0.4, 0.5) is 4.79 Å². The fourth-order valence-corrected chi connectivity index (χ4v) is 3.31. The first-order valence-corrected chi connectivity index (χ1v) is 8.91. The Labute approximate surface area is 145 Å². The van der Waals surface area contributed by atoms with E-state index in [-0.39, 0.29) is 18.6 Å². The Morgan fingerprint density at radius 3 is 2.79 bits per heavy atom. The zero-order chi connectivity index (χ0) is 17.6. The first-order chi connectivity index (χ1) is 11.4. The lowest BCUT2D eigenvalue weighted by atomic mass is 9.96. The SMILES string of the molecule is CC1CCCN(CC(C)NC(=O)NCC(C)(O)c2ccccc2)C1. The van der Waals surface area contributed by atoms with Gasteiger partial charge in [0.25, 0.3) is 0 Å². The summed E-state index contributed by atoms with van der Waals surface area (Å²) >= 11 is 0. The second kappa shape index (κ2) is 8.49. The normalized spacial score (nSPS) is 22.4. The number of urea groups is 1. The van der Waals surface area contributed by atoms with Crippen molar-refractivity contribution in [2.45, 2.75) is 45.3 Å². The van der Waals surface area contributed by atoms with Crippen LogP contribution in [0.1, 0.15) is 39.2 Å². The summed E-state index contributed by atoms with van der Waals surface area (Å²) in [5.74, 6) is 0.737. The van der Waals surface area contributed by atoms with E-state index in [9.17, 15) is 9.90 Å². The van der Waals surface area contributed by atoms with Gasteiger partial charge in [0.05, 0.1) is 6.54 Å². The molecule has 3 N–H and O–H groups in total. The molecule has 0 bridgehead atoms. The second-order valence-electron chi connectivity index (χ2n) is 7.37. The van der Waals surface area contributed by atoms with Gasteiger partial charge in [0.1, 0.15) is 5.60 Å². The van der Waals surface area contributed by atoms with Crippen LogP contribution in [0, 0.1) is 5.92 Å². The maximum absolute atomic E-state index is 12.1. The van der Waals surface area contributed by atoms with Gasteiger partial charge in [0, 0.05) is 19.1 Å². The molecule has 0 radical (unpaired) electrons. The zero-order valence-corrected chi connectivity index (χ0v) is 15.1. The minimum atomic E-state index is -1.08. The molecule has 1 saturated heterocycles. The summed E-state index contributed by atoms with van der Waals surface area (Å²) in [7, 11) is 0. The number of rotatable bonds is 6. The molecule has 134 valence electrons. The molecule has 2 amide bonds. The van der Waals surface area contributed by atoms with Gasteiger partial charge in [0.15, 0.2) is 0 Å². The summed E-state index contributed by atoms with van der Waals surface area (Å²) in [6, 6.07) is 9.24. The van der Waals surface area contributed by atoms with E-state index in [0.29, 0.717) is 0 Å². The van der Waals surface area contributed by atoms with Crippen LogP contribution in [0.15, 0.2) is 30.3 Å². The fraction of sp³-hybridized carbons (Fsp3) is 0.632. The number of piperidine rings is 1. The van der Waals surface area contributed by atoms with Gasteiger partial charge in [-0.15, -0.1) is 0 Å². The fourth-order valence-electron chi connectivity index (χ4n) is 3.31. The van der Waals surface area contributed by atoms with Crippen molar-refractivity contribution in [3.05, 3.63) is 35.9 Å². The van der Waals surface area contributed by atoms with Crippen LogP contribution in [-0.2, 0) is 5.60 Å². The minimum Gasteiger partial charge on any atom is -0.384 e. The van der Waals surface area contributed by atoms with E-state index in [2.05, 4.69) is 22.5 Å². The van der Waals surface area contributed by atoms with E-state index in [1.165, 1.54) is 12.8 Å². The highest BCUT2D eigenvalue weighted by atomic mass is 16.3. The molecule has 24 heavy (non-hydrogen) atoms. The molecule has 1 fully saturated rings. The largest absolute Gasteiger partial charge is 0.384 e. The topological polar surface area (TPSA) is 64.6 Å². The van der Waals surface area contributed by atoms with Crippen LogP contribution >= 0.6 is 0 Å². The number of amides is 2. The molecule has 5 heteroatoms. The van der Waals surface area contributed by atoms with Crippen molar-refractivity contribution in [2.24, 2.45) is 5.92 Å². The Bertz CT molecular complexity index is 519. The van der Waals surface area contributed by atoms with Gasteiger partial charge in [-0.2, -0.15) is 0 Å². The number of carbonyl (C=O) groups excluding carboxylic acids is 1. The second-order valence-corrected chi connectivity index (χ2v) is 7.37. The first kappa shape index (κ1) is 18.7. The average Bonchev–Trinajstić information content (AvgIpc) is 2.54. The number of aliphatic hydroxyl groups is 1. The molecule has 1 heterocycles. The molecule has 5 nitrogen and oxygen atoms in total. The van der Waals surface area contributed by atoms with Crippen molar-refractivity contribution >= 4 is 6.03 Å². The lowest BCUT2D eigenvalue weighted by Gasteiger charge is -2.33. The van der Waals surface area contributed by atoms with Crippen molar-refractivity contribution < 1.29 is 9.90 Å². The molecule has 0 spiro atoms. The highest BCUT2D eigenvalue weighted by Crippen LogP contribution is 2.19. The van der Waals surface area contributed by atoms with E-state index >= 15 is 0 Å². The highest BCUT2D eigenvalue weighted by Gasteiger charge is 2.24. The molecule has 1 aromatic carbocycles. The van der Waals surface area contributed by atoms with Crippen molar-refractivity contribution in [2.75, 3.05) is 26.2 Å². The van der Waals surface area contributed by atoms with Gasteiger partial charge in [-0.3, -0.25) is 0 Å². The molecular weight excluding hydrogens is 302 g/mol. The van der Waals surface area contributed by atoms with E-state index < -0.39 is 5.60 Å². The van der Waals surface area contributed by atoms with E-state index in [1.807, 2.05) is 37.3 Å². The Morgan fingerprint density at radius 1 is 1.42 bits per heavy atom. The molecule has 0 saturated carbocycles. The third-order valence-electron chi connectivity index (χ3n) is 4.64. The summed E-state index contributed by atoms with van der Waals surface area (Å²) in [6.07, 6.45) is 2.54.